The molecular weight excluding hydrogens is 284 g/mol. The third-order valence-corrected chi connectivity index (χ3v) is 4.11. The predicted molar refractivity (Wildman–Crippen MR) is 94.0 cm³/mol. The van der Waals surface area contributed by atoms with E-state index in [1.54, 1.807) is 0 Å². The zero-order chi connectivity index (χ0) is 16.4. The van der Waals surface area contributed by atoms with Crippen molar-refractivity contribution in [2.24, 2.45) is 0 Å². The number of nitrogens with zero attached hydrogens (tertiary/aromatic N) is 3. The second-order valence-electron chi connectivity index (χ2n) is 5.97. The zero-order valence-corrected chi connectivity index (χ0v) is 14.0. The standard InChI is InChI=1S/C19H22N4/c1-13-8-9-14(2)19(11-13)23-16(4)18(12-21-23)22-15(3)17-7-5-6-10-20-17/h5-12,15,22H,1-4H3. The summed E-state index contributed by atoms with van der Waals surface area (Å²) in [6.45, 7) is 8.41. The van der Waals surface area contributed by atoms with Crippen LogP contribution in [0, 0.1) is 20.8 Å². The van der Waals surface area contributed by atoms with Crippen molar-refractivity contribution in [3.8, 4) is 5.69 Å². The molecule has 1 atom stereocenters. The molecule has 1 aromatic carbocycles. The van der Waals surface area contributed by atoms with E-state index in [0.29, 0.717) is 0 Å². The molecule has 0 bridgehead atoms. The van der Waals surface area contributed by atoms with E-state index in [1.165, 1.54) is 11.1 Å². The van der Waals surface area contributed by atoms with Crippen molar-refractivity contribution in [2.45, 2.75) is 33.7 Å². The molecular formula is C19H22N4. The minimum absolute atomic E-state index is 0.131. The third kappa shape index (κ3) is 3.11. The van der Waals surface area contributed by atoms with E-state index in [4.69, 9.17) is 0 Å². The van der Waals surface area contributed by atoms with Gasteiger partial charge in [0.05, 0.1) is 35.0 Å². The van der Waals surface area contributed by atoms with E-state index >= 15 is 0 Å². The number of nitrogens with one attached hydrogen (secondary N) is 1. The minimum atomic E-state index is 0.131. The largest absolute Gasteiger partial charge is 0.374 e. The van der Waals surface area contributed by atoms with Gasteiger partial charge in [-0.1, -0.05) is 18.2 Å². The van der Waals surface area contributed by atoms with Gasteiger partial charge in [0, 0.05) is 6.20 Å². The van der Waals surface area contributed by atoms with Crippen LogP contribution in [-0.4, -0.2) is 14.8 Å². The summed E-state index contributed by atoms with van der Waals surface area (Å²) in [5.41, 5.74) is 6.72. The van der Waals surface area contributed by atoms with Crippen molar-refractivity contribution in [2.75, 3.05) is 5.32 Å². The molecule has 2 aromatic heterocycles. The van der Waals surface area contributed by atoms with E-state index in [1.807, 2.05) is 35.3 Å². The second-order valence-corrected chi connectivity index (χ2v) is 5.97. The zero-order valence-electron chi connectivity index (χ0n) is 14.0. The van der Waals surface area contributed by atoms with Crippen LogP contribution in [0.15, 0.2) is 48.8 Å². The lowest BCUT2D eigenvalue weighted by molar-refractivity contribution is 0.827. The highest BCUT2D eigenvalue weighted by Gasteiger charge is 2.13. The lowest BCUT2D eigenvalue weighted by atomic mass is 10.1. The van der Waals surface area contributed by atoms with Gasteiger partial charge in [-0.05, 0) is 57.0 Å². The highest BCUT2D eigenvalue weighted by molar-refractivity contribution is 5.52. The summed E-state index contributed by atoms with van der Waals surface area (Å²) < 4.78 is 2.00. The van der Waals surface area contributed by atoms with Crippen LogP contribution >= 0.6 is 0 Å². The molecule has 0 saturated carbocycles. The average molecular weight is 306 g/mol. The van der Waals surface area contributed by atoms with Crippen LogP contribution in [0.3, 0.4) is 0 Å². The molecule has 0 saturated heterocycles. The van der Waals surface area contributed by atoms with Gasteiger partial charge in [-0.3, -0.25) is 4.98 Å². The first kappa shape index (κ1) is 15.3. The molecule has 0 aliphatic heterocycles. The van der Waals surface area contributed by atoms with Gasteiger partial charge in [0.2, 0.25) is 0 Å². The molecule has 1 unspecified atom stereocenters. The SMILES string of the molecule is Cc1ccc(C)c(-n2ncc(NC(C)c3ccccn3)c2C)c1. The monoisotopic (exact) mass is 306 g/mol. The summed E-state index contributed by atoms with van der Waals surface area (Å²) in [4.78, 5) is 4.41. The molecule has 118 valence electrons. The number of rotatable bonds is 4. The molecule has 0 spiro atoms. The molecule has 0 aliphatic rings. The highest BCUT2D eigenvalue weighted by Crippen LogP contribution is 2.24. The first-order chi connectivity index (χ1) is 11.1. The van der Waals surface area contributed by atoms with Gasteiger partial charge in [-0.2, -0.15) is 5.10 Å². The molecule has 3 rings (SSSR count). The van der Waals surface area contributed by atoms with Gasteiger partial charge < -0.3 is 5.32 Å². The Kier molecular flexibility index (Phi) is 4.15. The van der Waals surface area contributed by atoms with Crippen LogP contribution in [0.1, 0.15) is 35.5 Å². The lowest BCUT2D eigenvalue weighted by Gasteiger charge is -2.15. The maximum Gasteiger partial charge on any atom is 0.0766 e. The van der Waals surface area contributed by atoms with Crippen molar-refractivity contribution in [3.63, 3.8) is 0 Å². The third-order valence-electron chi connectivity index (χ3n) is 4.11. The predicted octanol–water partition coefficient (Wildman–Crippen LogP) is 4.37. The first-order valence-corrected chi connectivity index (χ1v) is 7.86. The smallest absolute Gasteiger partial charge is 0.0766 e. The summed E-state index contributed by atoms with van der Waals surface area (Å²) in [6.07, 6.45) is 3.70. The second kappa shape index (κ2) is 6.24. The molecule has 2 heterocycles. The number of hydrogen-bond acceptors (Lipinski definition) is 3. The van der Waals surface area contributed by atoms with Crippen LogP contribution in [0.2, 0.25) is 0 Å². The van der Waals surface area contributed by atoms with Crippen molar-refractivity contribution >= 4 is 5.69 Å². The van der Waals surface area contributed by atoms with Crippen molar-refractivity contribution < 1.29 is 0 Å². The molecule has 4 nitrogen and oxygen atoms in total. The summed E-state index contributed by atoms with van der Waals surface area (Å²) >= 11 is 0. The van der Waals surface area contributed by atoms with Crippen molar-refractivity contribution in [1.82, 2.24) is 14.8 Å². The number of aromatic nitrogens is 3. The fourth-order valence-corrected chi connectivity index (χ4v) is 2.68. The van der Waals surface area contributed by atoms with E-state index in [-0.39, 0.29) is 6.04 Å². The lowest BCUT2D eigenvalue weighted by Crippen LogP contribution is -2.09. The maximum absolute atomic E-state index is 4.57. The Balaban J connectivity index is 1.89. The fourth-order valence-electron chi connectivity index (χ4n) is 2.68. The number of hydrogen-bond donors (Lipinski definition) is 1. The van der Waals surface area contributed by atoms with Crippen LogP contribution < -0.4 is 5.32 Å². The van der Waals surface area contributed by atoms with Crippen molar-refractivity contribution in [3.05, 3.63) is 71.3 Å². The molecule has 0 radical (unpaired) electrons. The molecule has 23 heavy (non-hydrogen) atoms. The number of benzene rings is 1. The summed E-state index contributed by atoms with van der Waals surface area (Å²) in [7, 11) is 0. The molecule has 4 heteroatoms. The Labute approximate surface area is 137 Å². The molecule has 0 aliphatic carbocycles. The van der Waals surface area contributed by atoms with Crippen LogP contribution in [-0.2, 0) is 0 Å². The van der Waals surface area contributed by atoms with Crippen LogP contribution in [0.25, 0.3) is 5.69 Å². The Morgan fingerprint density at radius 2 is 1.91 bits per heavy atom. The average Bonchev–Trinajstić information content (AvgIpc) is 2.91. The van der Waals surface area contributed by atoms with Gasteiger partial charge in [0.1, 0.15) is 0 Å². The van der Waals surface area contributed by atoms with Gasteiger partial charge in [-0.15, -0.1) is 0 Å². The molecule has 0 fully saturated rings. The number of anilines is 1. The van der Waals surface area contributed by atoms with E-state index < -0.39 is 0 Å². The minimum Gasteiger partial charge on any atom is -0.374 e. The summed E-state index contributed by atoms with van der Waals surface area (Å²) in [5.74, 6) is 0. The quantitative estimate of drug-likeness (QED) is 0.778. The highest BCUT2D eigenvalue weighted by atomic mass is 15.3. The molecule has 3 aromatic rings. The summed E-state index contributed by atoms with van der Waals surface area (Å²) in [6, 6.07) is 12.5. The number of pyridine rings is 1. The van der Waals surface area contributed by atoms with Crippen LogP contribution in [0.4, 0.5) is 5.69 Å². The van der Waals surface area contributed by atoms with E-state index in [2.05, 4.69) is 61.3 Å². The van der Waals surface area contributed by atoms with Gasteiger partial charge >= 0.3 is 0 Å². The van der Waals surface area contributed by atoms with E-state index in [0.717, 1.165) is 22.8 Å². The van der Waals surface area contributed by atoms with Gasteiger partial charge in [0.25, 0.3) is 0 Å². The Hall–Kier alpha value is -2.62. The molecule has 1 N–H and O–H groups in total. The normalized spacial score (nSPS) is 12.2. The Morgan fingerprint density at radius 1 is 1.09 bits per heavy atom. The van der Waals surface area contributed by atoms with Gasteiger partial charge in [0.15, 0.2) is 0 Å². The summed E-state index contributed by atoms with van der Waals surface area (Å²) in [5, 5.41) is 8.07. The maximum atomic E-state index is 4.57. The topological polar surface area (TPSA) is 42.7 Å². The van der Waals surface area contributed by atoms with E-state index in [9.17, 15) is 0 Å². The Bertz CT molecular complexity index is 805. The molecule has 0 amide bonds. The Morgan fingerprint density at radius 3 is 2.65 bits per heavy atom. The van der Waals surface area contributed by atoms with Gasteiger partial charge in [-0.25, -0.2) is 4.68 Å². The van der Waals surface area contributed by atoms with Crippen molar-refractivity contribution in [1.29, 1.82) is 0 Å². The first-order valence-electron chi connectivity index (χ1n) is 7.86. The fraction of sp³-hybridized carbons (Fsp3) is 0.263. The number of aryl methyl sites for hydroxylation is 2. The van der Waals surface area contributed by atoms with Crippen LogP contribution in [0.5, 0.6) is 0 Å².